The number of aromatic nitrogens is 1. The lowest BCUT2D eigenvalue weighted by Crippen LogP contribution is -2.46. The van der Waals surface area contributed by atoms with E-state index in [2.05, 4.69) is 4.98 Å². The number of aryl methyl sites for hydroxylation is 1. The van der Waals surface area contributed by atoms with E-state index in [9.17, 15) is 9.59 Å². The molecule has 0 aliphatic carbocycles. The predicted octanol–water partition coefficient (Wildman–Crippen LogP) is 1.78. The van der Waals surface area contributed by atoms with Gasteiger partial charge in [-0.2, -0.15) is 0 Å². The molecule has 0 bridgehead atoms. The molecule has 1 aromatic heterocycles. The van der Waals surface area contributed by atoms with Gasteiger partial charge in [-0.05, 0) is 20.8 Å². The molecule has 0 atom stereocenters. The lowest BCUT2D eigenvalue weighted by Gasteiger charge is -2.34. The maximum atomic E-state index is 12.1. The number of carboxylic acids is 1. The maximum absolute atomic E-state index is 12.1. The molecular formula is C11H16N2O3S. The highest BCUT2D eigenvalue weighted by molar-refractivity contribution is 7.09. The van der Waals surface area contributed by atoms with Crippen molar-refractivity contribution in [3.05, 3.63) is 16.1 Å². The molecule has 0 fully saturated rings. The molecule has 94 valence electrons. The Balaban J connectivity index is 2.90. The van der Waals surface area contributed by atoms with Crippen LogP contribution in [0.15, 0.2) is 5.51 Å². The normalized spacial score (nSPS) is 11.3. The summed E-state index contributed by atoms with van der Waals surface area (Å²) in [5.41, 5.74) is 1.27. The number of hydrogen-bond acceptors (Lipinski definition) is 4. The molecule has 1 rings (SSSR count). The van der Waals surface area contributed by atoms with Crippen molar-refractivity contribution in [1.82, 2.24) is 9.88 Å². The monoisotopic (exact) mass is 256 g/mol. The van der Waals surface area contributed by atoms with Crippen LogP contribution in [-0.4, -0.2) is 39.5 Å². The van der Waals surface area contributed by atoms with Crippen molar-refractivity contribution in [3.8, 4) is 0 Å². The Kier molecular flexibility index (Phi) is 3.87. The first kappa shape index (κ1) is 13.6. The first-order chi connectivity index (χ1) is 7.75. The fourth-order valence-electron chi connectivity index (χ4n) is 1.43. The number of carbonyl (C=O) groups excluding carboxylic acids is 1. The number of carboxylic acid groups (broad SMARTS) is 1. The molecular weight excluding hydrogens is 240 g/mol. The van der Waals surface area contributed by atoms with E-state index in [-0.39, 0.29) is 12.3 Å². The Hall–Kier alpha value is -1.43. The van der Waals surface area contributed by atoms with Crippen LogP contribution in [0.25, 0.3) is 0 Å². The van der Waals surface area contributed by atoms with E-state index in [1.165, 1.54) is 16.2 Å². The number of hydrogen-bond donors (Lipinski definition) is 1. The average Bonchev–Trinajstić information content (AvgIpc) is 2.60. The third-order valence-corrected chi connectivity index (χ3v) is 3.50. The van der Waals surface area contributed by atoms with Gasteiger partial charge in [0, 0.05) is 17.5 Å². The van der Waals surface area contributed by atoms with Crippen LogP contribution < -0.4 is 0 Å². The van der Waals surface area contributed by atoms with Crippen molar-refractivity contribution in [2.24, 2.45) is 0 Å². The highest BCUT2D eigenvalue weighted by atomic mass is 32.1. The van der Waals surface area contributed by atoms with Crippen LogP contribution in [0, 0.1) is 6.92 Å². The van der Waals surface area contributed by atoms with E-state index in [1.54, 1.807) is 26.4 Å². The molecule has 0 aliphatic rings. The molecule has 0 aliphatic heterocycles. The molecule has 0 saturated carbocycles. The SMILES string of the molecule is Cc1scnc1C(=O)N(C)C(C)(C)CC(=O)O. The van der Waals surface area contributed by atoms with Gasteiger partial charge in [0.25, 0.3) is 5.91 Å². The van der Waals surface area contributed by atoms with E-state index in [0.29, 0.717) is 5.69 Å². The quantitative estimate of drug-likeness (QED) is 0.891. The van der Waals surface area contributed by atoms with Crippen molar-refractivity contribution in [1.29, 1.82) is 0 Å². The summed E-state index contributed by atoms with van der Waals surface area (Å²) in [5, 5.41) is 8.81. The van der Waals surface area contributed by atoms with Gasteiger partial charge in [-0.15, -0.1) is 11.3 Å². The summed E-state index contributed by atoms with van der Waals surface area (Å²) in [7, 11) is 1.60. The van der Waals surface area contributed by atoms with E-state index in [1.807, 2.05) is 6.92 Å². The Morgan fingerprint density at radius 2 is 2.12 bits per heavy atom. The van der Waals surface area contributed by atoms with Gasteiger partial charge in [0.15, 0.2) is 0 Å². The Labute approximate surface area is 104 Å². The van der Waals surface area contributed by atoms with Crippen LogP contribution in [0.4, 0.5) is 0 Å². The molecule has 1 heterocycles. The minimum atomic E-state index is -0.926. The van der Waals surface area contributed by atoms with E-state index < -0.39 is 11.5 Å². The molecule has 0 spiro atoms. The molecule has 0 saturated heterocycles. The zero-order valence-corrected chi connectivity index (χ0v) is 11.2. The molecule has 0 unspecified atom stereocenters. The fourth-order valence-corrected chi connectivity index (χ4v) is 2.00. The van der Waals surface area contributed by atoms with Crippen LogP contribution in [0.5, 0.6) is 0 Å². The smallest absolute Gasteiger partial charge is 0.305 e. The van der Waals surface area contributed by atoms with Crippen molar-refractivity contribution >= 4 is 23.2 Å². The summed E-state index contributed by atoms with van der Waals surface area (Å²) >= 11 is 1.40. The molecule has 1 aromatic rings. The van der Waals surface area contributed by atoms with Gasteiger partial charge >= 0.3 is 5.97 Å². The second kappa shape index (κ2) is 4.83. The van der Waals surface area contributed by atoms with Crippen LogP contribution in [-0.2, 0) is 4.79 Å². The van der Waals surface area contributed by atoms with Crippen molar-refractivity contribution in [2.45, 2.75) is 32.7 Å². The molecule has 1 amide bonds. The minimum absolute atomic E-state index is 0.0988. The van der Waals surface area contributed by atoms with Gasteiger partial charge in [0.05, 0.1) is 11.9 Å². The Morgan fingerprint density at radius 3 is 2.53 bits per heavy atom. The van der Waals surface area contributed by atoms with Crippen LogP contribution in [0.1, 0.15) is 35.6 Å². The lowest BCUT2D eigenvalue weighted by atomic mass is 9.98. The fraction of sp³-hybridized carbons (Fsp3) is 0.545. The second-order valence-corrected chi connectivity index (χ2v) is 5.56. The average molecular weight is 256 g/mol. The zero-order valence-electron chi connectivity index (χ0n) is 10.4. The molecule has 0 radical (unpaired) electrons. The standard InChI is InChI=1S/C11H16N2O3S/c1-7-9(12-6-17-7)10(16)13(4)11(2,3)5-8(14)15/h6H,5H2,1-4H3,(H,14,15). The first-order valence-corrected chi connectivity index (χ1v) is 6.03. The second-order valence-electron chi connectivity index (χ2n) is 4.50. The first-order valence-electron chi connectivity index (χ1n) is 5.16. The topological polar surface area (TPSA) is 70.5 Å². The van der Waals surface area contributed by atoms with Gasteiger partial charge in [-0.25, -0.2) is 4.98 Å². The van der Waals surface area contributed by atoms with Gasteiger partial charge in [0.2, 0.25) is 0 Å². The van der Waals surface area contributed by atoms with Gasteiger partial charge in [0.1, 0.15) is 5.69 Å². The van der Waals surface area contributed by atoms with Crippen LogP contribution in [0.3, 0.4) is 0 Å². The predicted molar refractivity (Wildman–Crippen MR) is 65.3 cm³/mol. The molecule has 1 N–H and O–H groups in total. The highest BCUT2D eigenvalue weighted by Gasteiger charge is 2.32. The van der Waals surface area contributed by atoms with Crippen molar-refractivity contribution < 1.29 is 14.7 Å². The van der Waals surface area contributed by atoms with Crippen molar-refractivity contribution in [3.63, 3.8) is 0 Å². The van der Waals surface area contributed by atoms with E-state index in [4.69, 9.17) is 5.11 Å². The third-order valence-electron chi connectivity index (χ3n) is 2.74. The molecule has 6 heteroatoms. The summed E-state index contributed by atoms with van der Waals surface area (Å²) in [6.45, 7) is 5.27. The van der Waals surface area contributed by atoms with Crippen molar-refractivity contribution in [2.75, 3.05) is 7.05 Å². The Bertz CT molecular complexity index is 440. The molecule has 5 nitrogen and oxygen atoms in total. The molecule has 0 aromatic carbocycles. The Morgan fingerprint density at radius 1 is 1.53 bits per heavy atom. The summed E-state index contributed by atoms with van der Waals surface area (Å²) < 4.78 is 0. The summed E-state index contributed by atoms with van der Waals surface area (Å²) in [4.78, 5) is 29.2. The lowest BCUT2D eigenvalue weighted by molar-refractivity contribution is -0.139. The van der Waals surface area contributed by atoms with Crippen LogP contribution in [0.2, 0.25) is 0 Å². The largest absolute Gasteiger partial charge is 0.481 e. The summed E-state index contributed by atoms with van der Waals surface area (Å²) in [6, 6.07) is 0. The number of rotatable bonds is 4. The minimum Gasteiger partial charge on any atom is -0.481 e. The number of carbonyl (C=O) groups is 2. The van der Waals surface area contributed by atoms with E-state index >= 15 is 0 Å². The maximum Gasteiger partial charge on any atom is 0.305 e. The highest BCUT2D eigenvalue weighted by Crippen LogP contribution is 2.21. The number of amides is 1. The van der Waals surface area contributed by atoms with Gasteiger partial charge in [-0.3, -0.25) is 9.59 Å². The third kappa shape index (κ3) is 3.03. The number of nitrogens with zero attached hydrogens (tertiary/aromatic N) is 2. The number of thiazole rings is 1. The van der Waals surface area contributed by atoms with Gasteiger partial charge in [-0.1, -0.05) is 0 Å². The van der Waals surface area contributed by atoms with E-state index in [0.717, 1.165) is 4.88 Å². The molecule has 17 heavy (non-hydrogen) atoms. The zero-order chi connectivity index (χ0) is 13.2. The summed E-state index contributed by atoms with van der Waals surface area (Å²) in [6.07, 6.45) is -0.0988. The van der Waals surface area contributed by atoms with Gasteiger partial charge < -0.3 is 10.0 Å². The van der Waals surface area contributed by atoms with Crippen LogP contribution >= 0.6 is 11.3 Å². The summed E-state index contributed by atoms with van der Waals surface area (Å²) in [5.74, 6) is -1.17. The number of aliphatic carboxylic acids is 1.